The van der Waals surface area contributed by atoms with E-state index in [0.717, 1.165) is 10.6 Å². The predicted octanol–water partition coefficient (Wildman–Crippen LogP) is 5.28. The van der Waals surface area contributed by atoms with Crippen molar-refractivity contribution in [2.75, 3.05) is 0 Å². The Hall–Kier alpha value is -4.69. The van der Waals surface area contributed by atoms with Gasteiger partial charge in [-0.1, -0.05) is 42.5 Å². The molecule has 0 bridgehead atoms. The van der Waals surface area contributed by atoms with Crippen molar-refractivity contribution in [1.82, 2.24) is 20.4 Å². The average Bonchev–Trinajstić information content (AvgIpc) is 3.70. The van der Waals surface area contributed by atoms with E-state index in [1.165, 1.54) is 0 Å². The molecular formula is C28H22N4O3S. The highest BCUT2D eigenvalue weighted by molar-refractivity contribution is 7.13. The zero-order chi connectivity index (χ0) is 24.7. The zero-order valence-corrected chi connectivity index (χ0v) is 19.9. The third kappa shape index (κ3) is 5.34. The van der Waals surface area contributed by atoms with Gasteiger partial charge in [-0.15, -0.1) is 11.3 Å². The molecule has 7 nitrogen and oxygen atoms in total. The van der Waals surface area contributed by atoms with Crippen molar-refractivity contribution < 1.29 is 14.0 Å². The van der Waals surface area contributed by atoms with Crippen molar-refractivity contribution in [3.05, 3.63) is 125 Å². The zero-order valence-electron chi connectivity index (χ0n) is 19.1. The van der Waals surface area contributed by atoms with E-state index in [1.807, 2.05) is 60.1 Å². The summed E-state index contributed by atoms with van der Waals surface area (Å²) in [7, 11) is 0. The first kappa shape index (κ1) is 23.1. The molecule has 0 aliphatic heterocycles. The molecule has 0 saturated heterocycles. The Kier molecular flexibility index (Phi) is 6.86. The second-order valence-corrected chi connectivity index (χ2v) is 8.78. The van der Waals surface area contributed by atoms with Crippen LogP contribution in [0.1, 0.15) is 21.7 Å². The highest BCUT2D eigenvalue weighted by Crippen LogP contribution is 2.29. The Bertz CT molecular complexity index is 1470. The minimum Gasteiger partial charge on any atom is -0.467 e. The van der Waals surface area contributed by atoms with Crippen molar-refractivity contribution in [1.29, 1.82) is 0 Å². The Morgan fingerprint density at radius 1 is 0.944 bits per heavy atom. The smallest absolute Gasteiger partial charge is 0.268 e. The first-order valence-electron chi connectivity index (χ1n) is 11.2. The SMILES string of the molecule is O=C(NCc1ccco1)C(=Cc1cn(-c2ccccc2)nc1-c1cccs1)NC(=O)c1ccccc1. The molecule has 0 aliphatic carbocycles. The quantitative estimate of drug-likeness (QED) is 0.287. The first-order chi connectivity index (χ1) is 17.7. The van der Waals surface area contributed by atoms with E-state index in [2.05, 4.69) is 10.6 Å². The van der Waals surface area contributed by atoms with Gasteiger partial charge in [0.1, 0.15) is 17.2 Å². The van der Waals surface area contributed by atoms with Crippen LogP contribution in [0.5, 0.6) is 0 Å². The fourth-order valence-electron chi connectivity index (χ4n) is 3.58. The molecule has 0 fully saturated rings. The van der Waals surface area contributed by atoms with Crippen molar-refractivity contribution in [2.24, 2.45) is 0 Å². The molecule has 36 heavy (non-hydrogen) atoms. The van der Waals surface area contributed by atoms with Crippen LogP contribution in [0.2, 0.25) is 0 Å². The summed E-state index contributed by atoms with van der Waals surface area (Å²) in [6, 6.07) is 25.9. The topological polar surface area (TPSA) is 89.2 Å². The Labute approximate surface area is 211 Å². The summed E-state index contributed by atoms with van der Waals surface area (Å²) in [5.74, 6) is -0.225. The molecule has 2 aromatic carbocycles. The lowest BCUT2D eigenvalue weighted by Gasteiger charge is -2.10. The van der Waals surface area contributed by atoms with E-state index in [4.69, 9.17) is 9.52 Å². The third-order valence-electron chi connectivity index (χ3n) is 5.35. The minimum absolute atomic E-state index is 0.0980. The summed E-state index contributed by atoms with van der Waals surface area (Å²) in [6.07, 6.45) is 5.04. The Balaban J connectivity index is 1.53. The highest BCUT2D eigenvalue weighted by atomic mass is 32.1. The maximum Gasteiger partial charge on any atom is 0.268 e. The van der Waals surface area contributed by atoms with Gasteiger partial charge in [-0.25, -0.2) is 4.68 Å². The minimum atomic E-state index is -0.444. The molecular weight excluding hydrogens is 472 g/mol. The van der Waals surface area contributed by atoms with Gasteiger partial charge in [0, 0.05) is 17.3 Å². The molecule has 0 radical (unpaired) electrons. The van der Waals surface area contributed by atoms with Crippen LogP contribution in [0, 0.1) is 0 Å². The summed E-state index contributed by atoms with van der Waals surface area (Å²) >= 11 is 1.55. The molecule has 5 aromatic rings. The number of thiophene rings is 1. The third-order valence-corrected chi connectivity index (χ3v) is 6.23. The maximum absolute atomic E-state index is 13.2. The lowest BCUT2D eigenvalue weighted by molar-refractivity contribution is -0.118. The maximum atomic E-state index is 13.2. The lowest BCUT2D eigenvalue weighted by Crippen LogP contribution is -2.34. The van der Waals surface area contributed by atoms with E-state index >= 15 is 0 Å². The molecule has 178 valence electrons. The van der Waals surface area contributed by atoms with Crippen molar-refractivity contribution in [3.8, 4) is 16.3 Å². The van der Waals surface area contributed by atoms with Gasteiger partial charge < -0.3 is 15.1 Å². The van der Waals surface area contributed by atoms with Gasteiger partial charge in [-0.2, -0.15) is 5.10 Å². The van der Waals surface area contributed by atoms with Crippen LogP contribution in [0.4, 0.5) is 0 Å². The molecule has 2 amide bonds. The molecule has 0 spiro atoms. The summed E-state index contributed by atoms with van der Waals surface area (Å²) in [6.45, 7) is 0.186. The number of carbonyl (C=O) groups excluding carboxylic acids is 2. The monoisotopic (exact) mass is 494 g/mol. The fraction of sp³-hybridized carbons (Fsp3) is 0.0357. The number of nitrogens with one attached hydrogen (secondary N) is 2. The summed E-state index contributed by atoms with van der Waals surface area (Å²) < 4.78 is 7.08. The Morgan fingerprint density at radius 3 is 2.42 bits per heavy atom. The van der Waals surface area contributed by atoms with Crippen LogP contribution in [0.3, 0.4) is 0 Å². The molecule has 5 rings (SSSR count). The predicted molar refractivity (Wildman–Crippen MR) is 139 cm³/mol. The van der Waals surface area contributed by atoms with E-state index in [0.29, 0.717) is 22.6 Å². The molecule has 0 unspecified atom stereocenters. The van der Waals surface area contributed by atoms with Crippen molar-refractivity contribution in [2.45, 2.75) is 6.54 Å². The van der Waals surface area contributed by atoms with Gasteiger partial charge in [0.15, 0.2) is 0 Å². The molecule has 3 aromatic heterocycles. The Morgan fingerprint density at radius 2 is 1.72 bits per heavy atom. The van der Waals surface area contributed by atoms with Gasteiger partial charge in [-0.05, 0) is 53.9 Å². The molecule has 2 N–H and O–H groups in total. The van der Waals surface area contributed by atoms with E-state index in [-0.39, 0.29) is 18.1 Å². The number of rotatable bonds is 8. The number of amides is 2. The molecule has 0 saturated carbocycles. The second kappa shape index (κ2) is 10.7. The number of para-hydroxylation sites is 1. The van der Waals surface area contributed by atoms with Crippen molar-refractivity contribution >= 4 is 29.2 Å². The number of nitrogens with zero attached hydrogens (tertiary/aromatic N) is 2. The number of carbonyl (C=O) groups is 2. The molecule has 8 heteroatoms. The van der Waals surface area contributed by atoms with Gasteiger partial charge in [0.2, 0.25) is 0 Å². The van der Waals surface area contributed by atoms with Crippen LogP contribution < -0.4 is 10.6 Å². The van der Waals surface area contributed by atoms with Gasteiger partial charge in [0.05, 0.1) is 23.4 Å². The summed E-state index contributed by atoms with van der Waals surface area (Å²) in [5.41, 5.74) is 2.82. The normalized spacial score (nSPS) is 11.3. The summed E-state index contributed by atoms with van der Waals surface area (Å²) in [5, 5.41) is 12.3. The van der Waals surface area contributed by atoms with Crippen LogP contribution in [0.25, 0.3) is 22.3 Å². The van der Waals surface area contributed by atoms with Gasteiger partial charge in [0.25, 0.3) is 11.8 Å². The second-order valence-electron chi connectivity index (χ2n) is 7.83. The van der Waals surface area contributed by atoms with Gasteiger partial charge in [-0.3, -0.25) is 9.59 Å². The standard InChI is InChI=1S/C28H22N4O3S/c33-27(20-9-3-1-4-10-20)30-24(28(34)29-18-23-13-7-15-35-23)17-21-19-32(22-11-5-2-6-12-22)31-26(21)25-14-8-16-36-25/h1-17,19H,18H2,(H,29,34)(H,30,33). The summed E-state index contributed by atoms with van der Waals surface area (Å²) in [4.78, 5) is 27.1. The van der Waals surface area contributed by atoms with Crippen LogP contribution in [-0.4, -0.2) is 21.6 Å². The first-order valence-corrected chi connectivity index (χ1v) is 12.1. The van der Waals surface area contributed by atoms with Crippen LogP contribution >= 0.6 is 11.3 Å². The molecule has 3 heterocycles. The number of benzene rings is 2. The van der Waals surface area contributed by atoms with E-state index in [1.54, 1.807) is 64.8 Å². The fourth-order valence-corrected chi connectivity index (χ4v) is 4.32. The number of hydrogen-bond acceptors (Lipinski definition) is 5. The highest BCUT2D eigenvalue weighted by Gasteiger charge is 2.18. The number of hydrogen-bond donors (Lipinski definition) is 2. The van der Waals surface area contributed by atoms with Crippen LogP contribution in [0.15, 0.2) is 113 Å². The molecule has 0 atom stereocenters. The van der Waals surface area contributed by atoms with Gasteiger partial charge >= 0.3 is 0 Å². The lowest BCUT2D eigenvalue weighted by atomic mass is 10.1. The molecule has 0 aliphatic rings. The van der Waals surface area contributed by atoms with Crippen molar-refractivity contribution in [3.63, 3.8) is 0 Å². The largest absolute Gasteiger partial charge is 0.467 e. The number of aromatic nitrogens is 2. The average molecular weight is 495 g/mol. The van der Waals surface area contributed by atoms with E-state index in [9.17, 15) is 9.59 Å². The van der Waals surface area contributed by atoms with Crippen LogP contribution in [-0.2, 0) is 11.3 Å². The number of furan rings is 1. The van der Waals surface area contributed by atoms with E-state index < -0.39 is 5.91 Å².